The van der Waals surface area contributed by atoms with Crippen molar-refractivity contribution in [2.75, 3.05) is 39.0 Å². The van der Waals surface area contributed by atoms with E-state index in [1.165, 1.54) is 0 Å². The number of carbonyl (C=O) groups is 1. The summed E-state index contributed by atoms with van der Waals surface area (Å²) >= 11 is 1.60. The number of thioether (sulfide) groups is 1. The molecular weight excluding hydrogens is 272 g/mol. The number of ether oxygens (including phenoxy) is 1. The third kappa shape index (κ3) is 2.94. The Morgan fingerprint density at radius 2 is 1.95 bits per heavy atom. The van der Waals surface area contributed by atoms with Crippen LogP contribution in [0.1, 0.15) is 0 Å². The number of nitrogens with one attached hydrogen (secondary N) is 1. The predicted molar refractivity (Wildman–Crippen MR) is 80.1 cm³/mol. The van der Waals surface area contributed by atoms with Crippen molar-refractivity contribution in [2.45, 2.75) is 4.90 Å². The molecule has 5 heteroatoms. The Hall–Kier alpha value is -1.20. The van der Waals surface area contributed by atoms with Crippen LogP contribution in [-0.4, -0.2) is 49.8 Å². The summed E-state index contributed by atoms with van der Waals surface area (Å²) in [5.74, 6) is 2.98. The van der Waals surface area contributed by atoms with Gasteiger partial charge < -0.3 is 15.0 Å². The van der Waals surface area contributed by atoms with E-state index in [0.29, 0.717) is 17.6 Å². The maximum Gasteiger partial charge on any atom is 0.232 e. The maximum absolute atomic E-state index is 12.2. The fourth-order valence-corrected chi connectivity index (χ4v) is 3.77. The van der Waals surface area contributed by atoms with Crippen LogP contribution in [0, 0.1) is 11.8 Å². The first-order valence-electron chi connectivity index (χ1n) is 7.01. The Bertz CT molecular complexity index is 465. The Balaban J connectivity index is 1.49. The third-order valence-corrected chi connectivity index (χ3v) is 5.16. The highest BCUT2D eigenvalue weighted by Gasteiger charge is 2.37. The quantitative estimate of drug-likeness (QED) is 0.853. The van der Waals surface area contributed by atoms with Crippen LogP contribution in [0.3, 0.4) is 0 Å². The van der Waals surface area contributed by atoms with E-state index in [9.17, 15) is 4.79 Å². The molecule has 4 nitrogen and oxygen atoms in total. The second kappa shape index (κ2) is 6.06. The molecule has 0 unspecified atom stereocenters. The molecule has 2 atom stereocenters. The zero-order valence-electron chi connectivity index (χ0n) is 11.7. The molecule has 1 aromatic rings. The highest BCUT2D eigenvalue weighted by Crippen LogP contribution is 2.28. The molecule has 1 aromatic carbocycles. The molecule has 0 aliphatic carbocycles. The standard InChI is InChI=1S/C15H20N2O2S/c1-19-13-2-4-14(5-3-13)20-10-15(18)17-8-11-6-16-7-12(11)9-17/h2-5,11-12,16H,6-10H2,1H3/t11-,12+. The van der Waals surface area contributed by atoms with Crippen molar-refractivity contribution in [3.63, 3.8) is 0 Å². The SMILES string of the molecule is COc1ccc(SCC(=O)N2C[C@H]3CNC[C@H]3C2)cc1. The topological polar surface area (TPSA) is 41.6 Å². The van der Waals surface area contributed by atoms with Gasteiger partial charge in [0.05, 0.1) is 12.9 Å². The van der Waals surface area contributed by atoms with Gasteiger partial charge in [-0.15, -0.1) is 11.8 Å². The summed E-state index contributed by atoms with van der Waals surface area (Å²) in [5.41, 5.74) is 0. The Morgan fingerprint density at radius 3 is 2.55 bits per heavy atom. The maximum atomic E-state index is 12.2. The van der Waals surface area contributed by atoms with Gasteiger partial charge in [-0.1, -0.05) is 0 Å². The number of carbonyl (C=O) groups excluding carboxylic acids is 1. The number of nitrogens with zero attached hydrogens (tertiary/aromatic N) is 1. The summed E-state index contributed by atoms with van der Waals surface area (Å²) in [7, 11) is 1.66. The summed E-state index contributed by atoms with van der Waals surface area (Å²) in [6.45, 7) is 4.00. The van der Waals surface area contributed by atoms with Gasteiger partial charge in [0.2, 0.25) is 5.91 Å². The molecule has 2 saturated heterocycles. The minimum atomic E-state index is 0.264. The Labute approximate surface area is 123 Å². The number of rotatable bonds is 4. The van der Waals surface area contributed by atoms with Crippen LogP contribution in [0.2, 0.25) is 0 Å². The lowest BCUT2D eigenvalue weighted by Gasteiger charge is -2.17. The average Bonchev–Trinajstić information content (AvgIpc) is 3.06. The Kier molecular flexibility index (Phi) is 4.17. The molecule has 2 aliphatic rings. The lowest BCUT2D eigenvalue weighted by Crippen LogP contribution is -2.33. The minimum Gasteiger partial charge on any atom is -0.497 e. The molecule has 0 saturated carbocycles. The summed E-state index contributed by atoms with van der Waals surface area (Å²) in [5, 5.41) is 3.40. The fraction of sp³-hybridized carbons (Fsp3) is 0.533. The number of benzene rings is 1. The molecule has 0 bridgehead atoms. The zero-order chi connectivity index (χ0) is 13.9. The van der Waals surface area contributed by atoms with Crippen molar-refractivity contribution in [1.29, 1.82) is 0 Å². The lowest BCUT2D eigenvalue weighted by atomic mass is 10.0. The van der Waals surface area contributed by atoms with Crippen LogP contribution in [-0.2, 0) is 4.79 Å². The van der Waals surface area contributed by atoms with E-state index in [2.05, 4.69) is 5.32 Å². The van der Waals surface area contributed by atoms with Crippen molar-refractivity contribution in [3.8, 4) is 5.75 Å². The number of hydrogen-bond donors (Lipinski definition) is 1. The number of amides is 1. The number of methoxy groups -OCH3 is 1. The first-order chi connectivity index (χ1) is 9.76. The average molecular weight is 292 g/mol. The van der Waals surface area contributed by atoms with E-state index < -0.39 is 0 Å². The van der Waals surface area contributed by atoms with E-state index >= 15 is 0 Å². The molecule has 0 radical (unpaired) electrons. The smallest absolute Gasteiger partial charge is 0.232 e. The van der Waals surface area contributed by atoms with E-state index in [1.807, 2.05) is 29.2 Å². The van der Waals surface area contributed by atoms with Crippen LogP contribution in [0.5, 0.6) is 5.75 Å². The van der Waals surface area contributed by atoms with Crippen molar-refractivity contribution in [1.82, 2.24) is 10.2 Å². The molecule has 0 aromatic heterocycles. The highest BCUT2D eigenvalue weighted by atomic mass is 32.2. The van der Waals surface area contributed by atoms with Gasteiger partial charge in [0.1, 0.15) is 5.75 Å². The van der Waals surface area contributed by atoms with Crippen molar-refractivity contribution >= 4 is 17.7 Å². The van der Waals surface area contributed by atoms with Crippen LogP contribution in [0.15, 0.2) is 29.2 Å². The number of likely N-dealkylation sites (tertiary alicyclic amines) is 1. The van der Waals surface area contributed by atoms with Gasteiger partial charge in [-0.2, -0.15) is 0 Å². The molecule has 20 heavy (non-hydrogen) atoms. The molecule has 1 N–H and O–H groups in total. The molecule has 2 heterocycles. The van der Waals surface area contributed by atoms with Gasteiger partial charge in [-0.3, -0.25) is 4.79 Å². The molecule has 108 valence electrons. The fourth-order valence-electron chi connectivity index (χ4n) is 2.97. The third-order valence-electron chi connectivity index (χ3n) is 4.16. The summed E-state index contributed by atoms with van der Waals surface area (Å²) in [6.07, 6.45) is 0. The van der Waals surface area contributed by atoms with Crippen LogP contribution in [0.4, 0.5) is 0 Å². The predicted octanol–water partition coefficient (Wildman–Crippen LogP) is 1.47. The van der Waals surface area contributed by atoms with Gasteiger partial charge in [0.25, 0.3) is 0 Å². The first-order valence-corrected chi connectivity index (χ1v) is 8.00. The largest absolute Gasteiger partial charge is 0.497 e. The monoisotopic (exact) mass is 292 g/mol. The highest BCUT2D eigenvalue weighted by molar-refractivity contribution is 8.00. The van der Waals surface area contributed by atoms with Crippen molar-refractivity contribution < 1.29 is 9.53 Å². The minimum absolute atomic E-state index is 0.264. The second-order valence-corrected chi connectivity index (χ2v) is 6.49. The van der Waals surface area contributed by atoms with E-state index in [-0.39, 0.29) is 5.91 Å². The number of fused-ring (bicyclic) bond motifs is 1. The van der Waals surface area contributed by atoms with Gasteiger partial charge in [0.15, 0.2) is 0 Å². The zero-order valence-corrected chi connectivity index (χ0v) is 12.5. The van der Waals surface area contributed by atoms with E-state index in [4.69, 9.17) is 4.74 Å². The molecule has 2 aliphatic heterocycles. The van der Waals surface area contributed by atoms with Crippen molar-refractivity contribution in [3.05, 3.63) is 24.3 Å². The summed E-state index contributed by atoms with van der Waals surface area (Å²) in [4.78, 5) is 15.4. The molecular formula is C15H20N2O2S. The molecule has 3 rings (SSSR count). The Morgan fingerprint density at radius 1 is 1.30 bits per heavy atom. The van der Waals surface area contributed by atoms with E-state index in [1.54, 1.807) is 18.9 Å². The summed E-state index contributed by atoms with van der Waals surface area (Å²) < 4.78 is 5.13. The van der Waals surface area contributed by atoms with Gasteiger partial charge in [0, 0.05) is 31.1 Å². The van der Waals surface area contributed by atoms with Crippen LogP contribution in [0.25, 0.3) is 0 Å². The molecule has 1 amide bonds. The molecule has 0 spiro atoms. The van der Waals surface area contributed by atoms with Crippen LogP contribution < -0.4 is 10.1 Å². The summed E-state index contributed by atoms with van der Waals surface area (Å²) in [6, 6.07) is 7.86. The molecule has 2 fully saturated rings. The lowest BCUT2D eigenvalue weighted by molar-refractivity contribution is -0.127. The van der Waals surface area contributed by atoms with E-state index in [0.717, 1.165) is 36.8 Å². The van der Waals surface area contributed by atoms with Gasteiger partial charge in [-0.25, -0.2) is 0 Å². The first kappa shape index (κ1) is 13.8. The van der Waals surface area contributed by atoms with Crippen molar-refractivity contribution in [2.24, 2.45) is 11.8 Å². The van der Waals surface area contributed by atoms with Crippen LogP contribution >= 0.6 is 11.8 Å². The number of hydrogen-bond acceptors (Lipinski definition) is 4. The van der Waals surface area contributed by atoms with Gasteiger partial charge >= 0.3 is 0 Å². The second-order valence-electron chi connectivity index (χ2n) is 5.44. The van der Waals surface area contributed by atoms with Gasteiger partial charge in [-0.05, 0) is 36.1 Å². The normalized spacial score (nSPS) is 24.8.